The van der Waals surface area contributed by atoms with Gasteiger partial charge in [0.05, 0.1) is 13.7 Å². The van der Waals surface area contributed by atoms with E-state index in [9.17, 15) is 18.4 Å². The van der Waals surface area contributed by atoms with Gasteiger partial charge in [-0.2, -0.15) is 0 Å². The highest BCUT2D eigenvalue weighted by Crippen LogP contribution is 2.23. The summed E-state index contributed by atoms with van der Waals surface area (Å²) >= 11 is 0. The first kappa shape index (κ1) is 20.8. The van der Waals surface area contributed by atoms with Gasteiger partial charge in [-0.05, 0) is 12.1 Å². The van der Waals surface area contributed by atoms with E-state index in [0.29, 0.717) is 44.4 Å². The zero-order valence-electron chi connectivity index (χ0n) is 16.8. The molecule has 3 amide bonds. The number of urea groups is 1. The van der Waals surface area contributed by atoms with Crippen molar-refractivity contribution in [1.82, 2.24) is 20.0 Å². The van der Waals surface area contributed by atoms with Crippen LogP contribution in [-0.4, -0.2) is 77.9 Å². The second-order valence-electron chi connectivity index (χ2n) is 7.24. The van der Waals surface area contributed by atoms with Crippen molar-refractivity contribution in [3.63, 3.8) is 0 Å². The molecule has 0 bridgehead atoms. The lowest BCUT2D eigenvalue weighted by molar-refractivity contribution is -0.130. The Bertz CT molecular complexity index is 975. The van der Waals surface area contributed by atoms with Crippen LogP contribution in [0.5, 0.6) is 11.8 Å². The highest BCUT2D eigenvalue weighted by molar-refractivity contribution is 5.96. The molecular formula is C20H21F2N5O4. The van der Waals surface area contributed by atoms with Crippen molar-refractivity contribution in [3.8, 4) is 11.8 Å². The predicted octanol–water partition coefficient (Wildman–Crippen LogP) is 1.69. The average molecular weight is 433 g/mol. The van der Waals surface area contributed by atoms with E-state index in [4.69, 9.17) is 9.47 Å². The van der Waals surface area contributed by atoms with Gasteiger partial charge in [0.1, 0.15) is 12.6 Å². The molecule has 31 heavy (non-hydrogen) atoms. The summed E-state index contributed by atoms with van der Waals surface area (Å²) in [7, 11) is 1.49. The van der Waals surface area contributed by atoms with Gasteiger partial charge in [-0.25, -0.2) is 13.6 Å². The molecule has 0 spiro atoms. The van der Waals surface area contributed by atoms with E-state index in [0.717, 1.165) is 12.1 Å². The molecule has 9 nitrogen and oxygen atoms in total. The van der Waals surface area contributed by atoms with E-state index in [1.807, 2.05) is 0 Å². The Balaban J connectivity index is 1.30. The summed E-state index contributed by atoms with van der Waals surface area (Å²) in [6, 6.07) is 6.16. The summed E-state index contributed by atoms with van der Waals surface area (Å²) in [5, 5.41) is 7.76. The van der Waals surface area contributed by atoms with Crippen LogP contribution in [0.25, 0.3) is 0 Å². The molecule has 0 N–H and O–H groups in total. The molecule has 2 aliphatic heterocycles. The minimum atomic E-state index is -1.02. The molecule has 1 aromatic carbocycles. The third-order valence-electron chi connectivity index (χ3n) is 5.25. The molecule has 2 fully saturated rings. The molecule has 2 saturated heterocycles. The van der Waals surface area contributed by atoms with E-state index < -0.39 is 17.7 Å². The van der Waals surface area contributed by atoms with Crippen LogP contribution in [0.2, 0.25) is 0 Å². The maximum Gasteiger partial charge on any atom is 0.325 e. The molecular weight excluding hydrogens is 412 g/mol. The highest BCUT2D eigenvalue weighted by atomic mass is 19.2. The number of benzene rings is 1. The lowest BCUT2D eigenvalue weighted by Crippen LogP contribution is -2.42. The van der Waals surface area contributed by atoms with Crippen LogP contribution in [0.3, 0.4) is 0 Å². The Morgan fingerprint density at radius 2 is 1.87 bits per heavy atom. The number of anilines is 1. The van der Waals surface area contributed by atoms with Crippen molar-refractivity contribution in [2.24, 2.45) is 0 Å². The first-order valence-electron chi connectivity index (χ1n) is 9.78. The summed E-state index contributed by atoms with van der Waals surface area (Å²) in [6.45, 7) is 1.40. The number of likely N-dealkylation sites (tertiary alicyclic amines) is 1. The largest absolute Gasteiger partial charge is 0.480 e. The topological polar surface area (TPSA) is 88.1 Å². The Kier molecular flexibility index (Phi) is 5.83. The van der Waals surface area contributed by atoms with Gasteiger partial charge in [0.2, 0.25) is 17.7 Å². The number of ether oxygens (including phenoxy) is 2. The minimum absolute atomic E-state index is 0.0892. The average Bonchev–Trinajstić information content (AvgIpc) is 3.38. The van der Waals surface area contributed by atoms with Crippen LogP contribution in [0.4, 0.5) is 19.3 Å². The fourth-order valence-electron chi connectivity index (χ4n) is 3.59. The second kappa shape index (κ2) is 8.70. The minimum Gasteiger partial charge on any atom is -0.480 e. The highest BCUT2D eigenvalue weighted by Gasteiger charge is 2.34. The molecule has 1 unspecified atom stereocenters. The van der Waals surface area contributed by atoms with Gasteiger partial charge >= 0.3 is 6.03 Å². The number of amides is 3. The summed E-state index contributed by atoms with van der Waals surface area (Å²) < 4.78 is 37.4. The van der Waals surface area contributed by atoms with Crippen LogP contribution in [0, 0.1) is 11.6 Å². The van der Waals surface area contributed by atoms with Crippen molar-refractivity contribution >= 4 is 17.6 Å². The predicted molar refractivity (Wildman–Crippen MR) is 105 cm³/mol. The van der Waals surface area contributed by atoms with Gasteiger partial charge < -0.3 is 19.3 Å². The van der Waals surface area contributed by atoms with E-state index in [2.05, 4.69) is 10.2 Å². The monoisotopic (exact) mass is 433 g/mol. The zero-order valence-corrected chi connectivity index (χ0v) is 16.8. The molecule has 164 valence electrons. The van der Waals surface area contributed by atoms with Crippen LogP contribution in [-0.2, 0) is 4.79 Å². The number of nitrogens with zero attached hydrogens (tertiary/aromatic N) is 5. The SMILES string of the molecule is COc1ccc(OC2CCN(C(=O)CN3CCN(c4ccc(F)c(F)c4)C3=O)C2)nn1. The van der Waals surface area contributed by atoms with E-state index >= 15 is 0 Å². The molecule has 1 aromatic heterocycles. The summed E-state index contributed by atoms with van der Waals surface area (Å²) in [5.41, 5.74) is 0.258. The lowest BCUT2D eigenvalue weighted by atomic mass is 10.3. The molecule has 0 radical (unpaired) electrons. The van der Waals surface area contributed by atoms with Gasteiger partial charge in [0, 0.05) is 49.9 Å². The first-order chi connectivity index (χ1) is 14.9. The second-order valence-corrected chi connectivity index (χ2v) is 7.24. The van der Waals surface area contributed by atoms with Gasteiger partial charge in [0.25, 0.3) is 0 Å². The number of aromatic nitrogens is 2. The maximum absolute atomic E-state index is 13.5. The van der Waals surface area contributed by atoms with Crippen molar-refractivity contribution in [1.29, 1.82) is 0 Å². The Morgan fingerprint density at radius 3 is 2.58 bits per heavy atom. The number of methoxy groups -OCH3 is 1. The lowest BCUT2D eigenvalue weighted by Gasteiger charge is -2.22. The molecule has 2 aromatic rings. The molecule has 4 rings (SSSR count). The molecule has 11 heteroatoms. The smallest absolute Gasteiger partial charge is 0.325 e. The molecule has 0 saturated carbocycles. The molecule has 2 aliphatic rings. The molecule has 1 atom stereocenters. The zero-order chi connectivity index (χ0) is 22.0. The van der Waals surface area contributed by atoms with Crippen molar-refractivity contribution in [3.05, 3.63) is 42.0 Å². The van der Waals surface area contributed by atoms with Gasteiger partial charge in [-0.3, -0.25) is 9.69 Å². The standard InChI is InChI=1S/C20H21F2N5O4/c1-30-17-4-5-18(24-23-17)31-14-6-7-25(11-14)19(28)12-26-8-9-27(20(26)29)13-2-3-15(21)16(22)10-13/h2-5,10,14H,6-9,11-12H2,1H3. The number of hydrogen-bond acceptors (Lipinski definition) is 6. The fraction of sp³-hybridized carbons (Fsp3) is 0.400. The van der Waals surface area contributed by atoms with Gasteiger partial charge in [-0.15, -0.1) is 10.2 Å². The number of rotatable bonds is 6. The third kappa shape index (κ3) is 4.49. The molecule has 0 aliphatic carbocycles. The Morgan fingerprint density at radius 1 is 1.10 bits per heavy atom. The van der Waals surface area contributed by atoms with E-state index in [1.54, 1.807) is 17.0 Å². The van der Waals surface area contributed by atoms with Crippen LogP contribution in [0.15, 0.2) is 30.3 Å². The quantitative estimate of drug-likeness (QED) is 0.689. The number of halogens is 2. The summed E-state index contributed by atoms with van der Waals surface area (Å²) in [6.07, 6.45) is 0.411. The van der Waals surface area contributed by atoms with Crippen molar-refractivity contribution < 1.29 is 27.8 Å². The summed E-state index contributed by atoms with van der Waals surface area (Å²) in [5.74, 6) is -1.48. The summed E-state index contributed by atoms with van der Waals surface area (Å²) in [4.78, 5) is 29.7. The van der Waals surface area contributed by atoms with Crippen LogP contribution >= 0.6 is 0 Å². The van der Waals surface area contributed by atoms with Gasteiger partial charge in [-0.1, -0.05) is 0 Å². The normalized spacial score (nSPS) is 18.6. The Labute approximate surface area is 177 Å². The van der Waals surface area contributed by atoms with E-state index in [1.165, 1.54) is 23.0 Å². The number of hydrogen-bond donors (Lipinski definition) is 0. The van der Waals surface area contributed by atoms with Crippen LogP contribution < -0.4 is 14.4 Å². The fourth-order valence-corrected chi connectivity index (χ4v) is 3.59. The number of carbonyl (C=O) groups is 2. The van der Waals surface area contributed by atoms with Gasteiger partial charge in [0.15, 0.2) is 11.6 Å². The maximum atomic E-state index is 13.5. The van der Waals surface area contributed by atoms with Crippen molar-refractivity contribution in [2.45, 2.75) is 12.5 Å². The van der Waals surface area contributed by atoms with Crippen LogP contribution in [0.1, 0.15) is 6.42 Å². The van der Waals surface area contributed by atoms with E-state index in [-0.39, 0.29) is 24.2 Å². The van der Waals surface area contributed by atoms with Crippen molar-refractivity contribution in [2.75, 3.05) is 44.7 Å². The third-order valence-corrected chi connectivity index (χ3v) is 5.25. The molecule has 3 heterocycles. The number of carbonyl (C=O) groups excluding carboxylic acids is 2. The first-order valence-corrected chi connectivity index (χ1v) is 9.78. The Hall–Kier alpha value is -3.50.